The highest BCUT2D eigenvalue weighted by molar-refractivity contribution is 5.95. The third-order valence-corrected chi connectivity index (χ3v) is 7.08. The van der Waals surface area contributed by atoms with Crippen molar-refractivity contribution in [2.45, 2.75) is 39.5 Å². The Morgan fingerprint density at radius 1 is 1.08 bits per heavy atom. The molecule has 1 fully saturated rings. The van der Waals surface area contributed by atoms with Gasteiger partial charge in [-0.3, -0.25) is 4.79 Å². The summed E-state index contributed by atoms with van der Waals surface area (Å²) in [7, 11) is 0. The Bertz CT molecular complexity index is 1570. The predicted octanol–water partition coefficient (Wildman–Crippen LogP) is 2.53. The van der Waals surface area contributed by atoms with E-state index in [9.17, 15) is 14.4 Å². The number of hydrogen-bond donors (Lipinski definition) is 2. The first-order valence-corrected chi connectivity index (χ1v) is 13.2. The molecule has 0 saturated carbocycles. The smallest absolute Gasteiger partial charge is 0.440 e. The van der Waals surface area contributed by atoms with Gasteiger partial charge in [0.25, 0.3) is 5.91 Å². The number of hydrogen-bond acceptors (Lipinski definition) is 5. The van der Waals surface area contributed by atoms with Crippen LogP contribution >= 0.6 is 0 Å². The van der Waals surface area contributed by atoms with Crippen LogP contribution in [0, 0.1) is 6.92 Å². The summed E-state index contributed by atoms with van der Waals surface area (Å²) in [5.74, 6) is 0.0181. The molecule has 3 aromatic carbocycles. The van der Waals surface area contributed by atoms with Crippen molar-refractivity contribution >= 4 is 5.91 Å². The number of H-pyrrole nitrogens is 1. The molecule has 3 N–H and O–H groups in total. The first-order valence-electron chi connectivity index (χ1n) is 13.2. The maximum atomic E-state index is 13.1. The van der Waals surface area contributed by atoms with E-state index in [1.165, 1.54) is 0 Å². The number of aromatic nitrogens is 2. The molecule has 39 heavy (non-hydrogen) atoms. The van der Waals surface area contributed by atoms with Crippen LogP contribution in [0.3, 0.4) is 0 Å². The first kappa shape index (κ1) is 26.2. The van der Waals surface area contributed by atoms with Crippen LogP contribution in [0.2, 0.25) is 0 Å². The minimum atomic E-state index is -0.775. The van der Waals surface area contributed by atoms with Crippen molar-refractivity contribution in [2.24, 2.45) is 0 Å². The van der Waals surface area contributed by atoms with Gasteiger partial charge in [0, 0.05) is 18.5 Å². The van der Waals surface area contributed by atoms with Gasteiger partial charge in [-0.1, -0.05) is 36.4 Å². The predicted molar refractivity (Wildman–Crippen MR) is 147 cm³/mol. The molecule has 0 radical (unpaired) electrons. The third kappa shape index (κ3) is 6.21. The van der Waals surface area contributed by atoms with Crippen molar-refractivity contribution in [2.75, 3.05) is 19.6 Å². The average molecular weight is 530 g/mol. The second-order valence-corrected chi connectivity index (χ2v) is 9.95. The van der Waals surface area contributed by atoms with E-state index in [1.54, 1.807) is 0 Å². The first-order chi connectivity index (χ1) is 18.9. The van der Waals surface area contributed by atoms with E-state index >= 15 is 0 Å². The zero-order chi connectivity index (χ0) is 27.4. The zero-order valence-corrected chi connectivity index (χ0v) is 22.2. The number of quaternary nitrogens is 1. The molecule has 4 aromatic rings. The number of carbonyl (C=O) groups excluding carboxylic acids is 1. The van der Waals surface area contributed by atoms with Crippen molar-refractivity contribution in [3.05, 3.63) is 110 Å². The molecule has 0 bridgehead atoms. The van der Waals surface area contributed by atoms with Gasteiger partial charge in [0.2, 0.25) is 0 Å². The van der Waals surface area contributed by atoms with Gasteiger partial charge in [-0.15, -0.1) is 4.74 Å². The molecule has 5 rings (SSSR count). The number of nitrogens with one attached hydrogen (secondary N) is 1. The Balaban J connectivity index is 1.22. The normalized spacial score (nSPS) is 15.0. The number of benzene rings is 3. The van der Waals surface area contributed by atoms with Crippen LogP contribution in [-0.4, -0.2) is 46.2 Å². The van der Waals surface area contributed by atoms with Crippen LogP contribution in [0.4, 0.5) is 0 Å². The number of nitrogens with zero attached hydrogens (tertiary/aromatic N) is 2. The lowest BCUT2D eigenvalue weighted by Crippen LogP contribution is -2.90. The monoisotopic (exact) mass is 529 g/mol. The van der Waals surface area contributed by atoms with Crippen molar-refractivity contribution in [3.8, 4) is 16.9 Å². The number of ether oxygens (including phenoxy) is 1. The van der Waals surface area contributed by atoms with Crippen molar-refractivity contribution < 1.29 is 19.4 Å². The third-order valence-electron chi connectivity index (χ3n) is 7.08. The van der Waals surface area contributed by atoms with Crippen LogP contribution in [0.25, 0.3) is 11.1 Å². The van der Waals surface area contributed by atoms with E-state index in [0.717, 1.165) is 64.2 Å². The van der Waals surface area contributed by atoms with Crippen molar-refractivity contribution in [1.29, 1.82) is 0 Å². The van der Waals surface area contributed by atoms with E-state index in [1.807, 2.05) is 66.4 Å². The van der Waals surface area contributed by atoms with E-state index < -0.39 is 11.4 Å². The molecule has 202 valence electrons. The van der Waals surface area contributed by atoms with Gasteiger partial charge in [-0.2, -0.15) is 0 Å². The number of aromatic amines is 1. The molecule has 1 atom stereocenters. The van der Waals surface area contributed by atoms with Crippen LogP contribution in [0.1, 0.15) is 40.4 Å². The zero-order valence-electron chi connectivity index (χ0n) is 22.2. The number of rotatable bonds is 9. The Hall–Kier alpha value is -4.37. The molecule has 1 aromatic heterocycles. The van der Waals surface area contributed by atoms with E-state index in [2.05, 4.69) is 29.4 Å². The molecule has 2 heterocycles. The standard InChI is InChI=1S/C30H32N4O5/c1-3-31-25-13-14-33(18-25)28(35)24-9-12-27(20(2)15-24)23-6-4-5-22(16-23)19-38-26-10-7-21(8-11-26)17-34-29(36)32-30(37)39-34/h4-12,15-16,25,31H,3,13-14,17-19H2,1-2H3,(H,32,36,37)/p+1. The average Bonchev–Trinajstić information content (AvgIpc) is 3.53. The molecule has 1 unspecified atom stereocenters. The number of likely N-dealkylation sites (tertiary alicyclic amines) is 1. The summed E-state index contributed by atoms with van der Waals surface area (Å²) in [6.45, 7) is 7.39. The highest BCUT2D eigenvalue weighted by Crippen LogP contribution is 2.27. The maximum Gasteiger partial charge on any atom is 0.440 e. The van der Waals surface area contributed by atoms with Crippen LogP contribution in [0.15, 0.2) is 80.8 Å². The maximum absolute atomic E-state index is 13.1. The van der Waals surface area contributed by atoms with Gasteiger partial charge >= 0.3 is 11.4 Å². The molecule has 9 heteroatoms. The quantitative estimate of drug-likeness (QED) is 0.346. The van der Waals surface area contributed by atoms with Crippen LogP contribution in [0.5, 0.6) is 5.75 Å². The summed E-state index contributed by atoms with van der Waals surface area (Å²) in [6.07, 6.45) is 1.05. The molecule has 9 nitrogen and oxygen atoms in total. The SMILES string of the molecule is CC[NH2+]C1CCN(C(=O)c2ccc(-c3cccc(COc4ccc(Cn5oc(=O)[nH]c5=O)cc4)c3)c(C)c2)C1. The minimum absolute atomic E-state index is 0.106. The summed E-state index contributed by atoms with van der Waals surface area (Å²) >= 11 is 0. The molecule has 1 saturated heterocycles. The number of carbonyl (C=O) groups is 1. The number of amides is 1. The molecule has 1 aliphatic heterocycles. The van der Waals surface area contributed by atoms with Crippen molar-refractivity contribution in [3.63, 3.8) is 0 Å². The van der Waals surface area contributed by atoms with Crippen LogP contribution < -0.4 is 21.5 Å². The summed E-state index contributed by atoms with van der Waals surface area (Å²) in [5.41, 5.74) is 5.19. The minimum Gasteiger partial charge on any atom is -0.489 e. The second kappa shape index (κ2) is 11.6. The lowest BCUT2D eigenvalue weighted by Gasteiger charge is -2.17. The Labute approximate surface area is 226 Å². The van der Waals surface area contributed by atoms with Crippen LogP contribution in [-0.2, 0) is 13.2 Å². The second-order valence-electron chi connectivity index (χ2n) is 9.95. The fourth-order valence-electron chi connectivity index (χ4n) is 5.07. The van der Waals surface area contributed by atoms with Gasteiger partial charge in [-0.25, -0.2) is 14.6 Å². The van der Waals surface area contributed by atoms with E-state index in [-0.39, 0.29) is 12.5 Å². The molecule has 1 amide bonds. The molecular weight excluding hydrogens is 496 g/mol. The van der Waals surface area contributed by atoms with E-state index in [0.29, 0.717) is 18.4 Å². The summed E-state index contributed by atoms with van der Waals surface area (Å²) < 4.78 is 11.8. The fourth-order valence-corrected chi connectivity index (χ4v) is 5.07. The number of nitrogens with two attached hydrogens (primary N) is 1. The lowest BCUT2D eigenvalue weighted by atomic mass is 9.97. The van der Waals surface area contributed by atoms with Crippen molar-refractivity contribution in [1.82, 2.24) is 14.6 Å². The van der Waals surface area contributed by atoms with Gasteiger partial charge < -0.3 is 19.5 Å². The largest absolute Gasteiger partial charge is 0.489 e. The number of likely N-dealkylation sites (N-methyl/N-ethyl adjacent to an activating group) is 1. The molecule has 1 aliphatic rings. The molecule has 0 spiro atoms. The highest BCUT2D eigenvalue weighted by Gasteiger charge is 2.28. The summed E-state index contributed by atoms with van der Waals surface area (Å²) in [4.78, 5) is 39.9. The highest BCUT2D eigenvalue weighted by atomic mass is 16.5. The molecule has 0 aliphatic carbocycles. The lowest BCUT2D eigenvalue weighted by molar-refractivity contribution is -0.683. The molecular formula is C30H33N4O5+. The van der Waals surface area contributed by atoms with Gasteiger partial charge in [0.15, 0.2) is 0 Å². The Morgan fingerprint density at radius 2 is 1.90 bits per heavy atom. The van der Waals surface area contributed by atoms with Gasteiger partial charge in [-0.05, 0) is 72.0 Å². The topological polar surface area (TPSA) is 114 Å². The Morgan fingerprint density at radius 3 is 2.62 bits per heavy atom. The Kier molecular flexibility index (Phi) is 7.79. The summed E-state index contributed by atoms with van der Waals surface area (Å²) in [6, 6.07) is 21.9. The van der Waals surface area contributed by atoms with Gasteiger partial charge in [0.1, 0.15) is 18.4 Å². The number of aryl methyl sites for hydroxylation is 1. The van der Waals surface area contributed by atoms with Gasteiger partial charge in [0.05, 0.1) is 19.6 Å². The summed E-state index contributed by atoms with van der Waals surface area (Å²) in [5, 5.41) is 2.31. The fraction of sp³-hybridized carbons (Fsp3) is 0.300. The van der Waals surface area contributed by atoms with E-state index in [4.69, 9.17) is 9.26 Å².